The van der Waals surface area contributed by atoms with E-state index in [2.05, 4.69) is 52.9 Å². The average molecular weight is 347 g/mol. The van der Waals surface area contributed by atoms with Gasteiger partial charge in [0.1, 0.15) is 5.58 Å². The second-order valence-electron chi connectivity index (χ2n) is 8.87. The summed E-state index contributed by atoms with van der Waals surface area (Å²) in [5.74, 6) is 0.785. The van der Waals surface area contributed by atoms with Gasteiger partial charge in [0.15, 0.2) is 0 Å². The maximum absolute atomic E-state index is 6.43. The van der Waals surface area contributed by atoms with Crippen LogP contribution in [-0.2, 0) is 5.41 Å². The molecule has 134 valence electrons. The summed E-state index contributed by atoms with van der Waals surface area (Å²) in [7, 11) is 0. The molecule has 4 aliphatic rings. The quantitative estimate of drug-likeness (QED) is 0.670. The molecular weight excluding hydrogens is 322 g/mol. The summed E-state index contributed by atoms with van der Waals surface area (Å²) in [6, 6.07) is 9.33. The van der Waals surface area contributed by atoms with Crippen LogP contribution in [0.1, 0.15) is 30.2 Å². The Morgan fingerprint density at radius 3 is 2.81 bits per heavy atom. The normalized spacial score (nSPS) is 35.7. The minimum absolute atomic E-state index is 0.173. The van der Waals surface area contributed by atoms with Crippen LogP contribution in [0.3, 0.4) is 0 Å². The lowest BCUT2D eigenvalue weighted by atomic mass is 9.61. The first-order valence-electron chi connectivity index (χ1n) is 9.81. The van der Waals surface area contributed by atoms with Crippen molar-refractivity contribution in [3.05, 3.63) is 41.1 Å². The molecule has 0 amide bonds. The first-order chi connectivity index (χ1) is 12.5. The van der Waals surface area contributed by atoms with E-state index < -0.39 is 0 Å². The molecule has 4 aliphatic heterocycles. The smallest absolute Gasteiger partial charge is 0.227 e. The molecule has 4 bridgehead atoms. The summed E-state index contributed by atoms with van der Waals surface area (Å²) in [6.45, 7) is 11.5. The van der Waals surface area contributed by atoms with Crippen LogP contribution in [0.25, 0.3) is 22.1 Å². The van der Waals surface area contributed by atoms with Crippen molar-refractivity contribution in [1.82, 2.24) is 14.8 Å². The molecule has 7 rings (SSSR count). The topological polar surface area (TPSA) is 32.5 Å². The van der Waals surface area contributed by atoms with Gasteiger partial charge in [0.05, 0.1) is 6.67 Å². The van der Waals surface area contributed by atoms with Gasteiger partial charge in [-0.25, -0.2) is 4.98 Å². The highest BCUT2D eigenvalue weighted by atomic mass is 16.3. The van der Waals surface area contributed by atoms with Crippen molar-refractivity contribution < 1.29 is 4.42 Å². The van der Waals surface area contributed by atoms with Crippen molar-refractivity contribution in [3.63, 3.8) is 0 Å². The van der Waals surface area contributed by atoms with Gasteiger partial charge in [-0.3, -0.25) is 9.80 Å². The second-order valence-corrected chi connectivity index (χ2v) is 8.87. The number of hydrogen-bond acceptors (Lipinski definition) is 4. The highest BCUT2D eigenvalue weighted by Gasteiger charge is 2.56. The monoisotopic (exact) mass is 347 g/mol. The molecule has 3 aromatic rings. The highest BCUT2D eigenvalue weighted by Crippen LogP contribution is 2.51. The SMILES string of the molecule is Cc1ccc2c(n1)oc1c(C34CC5CN(CN(C5)[C@@H]3C)C4)c(C)ccc12. The number of rotatable bonds is 1. The van der Waals surface area contributed by atoms with E-state index in [9.17, 15) is 0 Å². The summed E-state index contributed by atoms with van der Waals surface area (Å²) >= 11 is 0. The number of hydrogen-bond donors (Lipinski definition) is 0. The Morgan fingerprint density at radius 2 is 1.96 bits per heavy atom. The number of aromatic nitrogens is 1. The van der Waals surface area contributed by atoms with Gasteiger partial charge in [0.2, 0.25) is 5.71 Å². The molecule has 2 aromatic heterocycles. The maximum Gasteiger partial charge on any atom is 0.227 e. The molecule has 4 saturated heterocycles. The third-order valence-corrected chi connectivity index (χ3v) is 7.25. The fourth-order valence-electron chi connectivity index (χ4n) is 6.20. The van der Waals surface area contributed by atoms with Crippen LogP contribution in [0, 0.1) is 19.8 Å². The third-order valence-electron chi connectivity index (χ3n) is 7.25. The summed E-state index contributed by atoms with van der Waals surface area (Å²) in [5, 5.41) is 2.37. The molecule has 0 aliphatic carbocycles. The first-order valence-corrected chi connectivity index (χ1v) is 9.81. The van der Waals surface area contributed by atoms with E-state index in [4.69, 9.17) is 4.42 Å². The molecule has 6 heterocycles. The van der Waals surface area contributed by atoms with E-state index in [0.29, 0.717) is 6.04 Å². The van der Waals surface area contributed by atoms with Crippen molar-refractivity contribution in [1.29, 1.82) is 0 Å². The predicted octanol–water partition coefficient (Wildman–Crippen LogP) is 3.83. The fourth-order valence-corrected chi connectivity index (χ4v) is 6.20. The van der Waals surface area contributed by atoms with Gasteiger partial charge in [0, 0.05) is 53.1 Å². The van der Waals surface area contributed by atoms with E-state index in [-0.39, 0.29) is 5.41 Å². The van der Waals surface area contributed by atoms with Crippen LogP contribution in [-0.4, -0.2) is 47.1 Å². The van der Waals surface area contributed by atoms with Gasteiger partial charge < -0.3 is 4.42 Å². The lowest BCUT2D eigenvalue weighted by molar-refractivity contribution is -0.120. The van der Waals surface area contributed by atoms with Crippen molar-refractivity contribution in [2.45, 2.75) is 38.6 Å². The van der Waals surface area contributed by atoms with E-state index in [0.717, 1.165) is 41.5 Å². The number of pyridine rings is 1. The number of nitrogens with zero attached hydrogens (tertiary/aromatic N) is 3. The Hall–Kier alpha value is -1.91. The van der Waals surface area contributed by atoms with Crippen molar-refractivity contribution >= 4 is 22.1 Å². The van der Waals surface area contributed by atoms with Crippen LogP contribution in [0.5, 0.6) is 0 Å². The zero-order valence-corrected chi connectivity index (χ0v) is 15.7. The minimum atomic E-state index is 0.173. The van der Waals surface area contributed by atoms with Crippen LogP contribution >= 0.6 is 0 Å². The van der Waals surface area contributed by atoms with Crippen LogP contribution in [0.4, 0.5) is 0 Å². The standard InChI is InChI=1S/C22H25N3O/c1-13-4-6-17-18-7-5-14(2)23-21(18)26-20(17)19(13)22-8-16-9-24(11-22)12-25(10-16)15(22)3/h4-7,15-16H,8-12H2,1-3H3/t15-,16?,22?/m1/s1. The lowest BCUT2D eigenvalue weighted by Gasteiger charge is -2.63. The number of aryl methyl sites for hydroxylation is 2. The molecular formula is C22H25N3O. The predicted molar refractivity (Wildman–Crippen MR) is 103 cm³/mol. The average Bonchev–Trinajstić information content (AvgIpc) is 2.95. The van der Waals surface area contributed by atoms with Gasteiger partial charge in [-0.15, -0.1) is 0 Å². The molecule has 0 saturated carbocycles. The summed E-state index contributed by atoms with van der Waals surface area (Å²) in [5.41, 5.74) is 5.85. The zero-order chi connectivity index (χ0) is 17.6. The molecule has 26 heavy (non-hydrogen) atoms. The van der Waals surface area contributed by atoms with E-state index in [1.807, 2.05) is 6.92 Å². The highest BCUT2D eigenvalue weighted by molar-refractivity contribution is 6.05. The Morgan fingerprint density at radius 1 is 1.12 bits per heavy atom. The Labute approximate surface area is 153 Å². The van der Waals surface area contributed by atoms with E-state index in [1.54, 1.807) is 0 Å². The summed E-state index contributed by atoms with van der Waals surface area (Å²) in [4.78, 5) is 10.0. The van der Waals surface area contributed by atoms with Gasteiger partial charge >= 0.3 is 0 Å². The molecule has 1 aromatic carbocycles. The molecule has 4 fully saturated rings. The number of piperidine rings is 2. The molecule has 4 nitrogen and oxygen atoms in total. The van der Waals surface area contributed by atoms with Crippen molar-refractivity contribution in [2.75, 3.05) is 26.3 Å². The third kappa shape index (κ3) is 1.79. The molecule has 0 N–H and O–H groups in total. The van der Waals surface area contributed by atoms with Crippen LogP contribution in [0.2, 0.25) is 0 Å². The van der Waals surface area contributed by atoms with Gasteiger partial charge in [0.25, 0.3) is 0 Å². The van der Waals surface area contributed by atoms with Crippen LogP contribution < -0.4 is 0 Å². The summed E-state index contributed by atoms with van der Waals surface area (Å²) < 4.78 is 6.43. The number of fused-ring (bicyclic) bond motifs is 3. The zero-order valence-electron chi connectivity index (χ0n) is 15.7. The molecule has 4 unspecified atom stereocenters. The van der Waals surface area contributed by atoms with Crippen molar-refractivity contribution in [3.8, 4) is 0 Å². The lowest BCUT2D eigenvalue weighted by Crippen LogP contribution is -2.72. The molecule has 0 radical (unpaired) electrons. The maximum atomic E-state index is 6.43. The number of benzene rings is 1. The van der Waals surface area contributed by atoms with Gasteiger partial charge in [-0.05, 0) is 50.8 Å². The van der Waals surface area contributed by atoms with Gasteiger partial charge in [-0.1, -0.05) is 12.1 Å². The first kappa shape index (κ1) is 15.2. The molecule has 5 atom stereocenters. The Balaban J connectivity index is 1.67. The summed E-state index contributed by atoms with van der Waals surface area (Å²) in [6.07, 6.45) is 1.28. The van der Waals surface area contributed by atoms with E-state index in [1.165, 1.54) is 36.0 Å². The minimum Gasteiger partial charge on any atom is -0.437 e. The van der Waals surface area contributed by atoms with Crippen LogP contribution in [0.15, 0.2) is 28.7 Å². The Bertz CT molecular complexity index is 1040. The van der Waals surface area contributed by atoms with Crippen molar-refractivity contribution in [2.24, 2.45) is 5.92 Å². The molecule has 0 spiro atoms. The number of furan rings is 1. The largest absolute Gasteiger partial charge is 0.437 e. The Kier molecular flexibility index (Phi) is 2.84. The second kappa shape index (κ2) is 4.87. The fraction of sp³-hybridized carbons (Fsp3) is 0.500. The van der Waals surface area contributed by atoms with E-state index >= 15 is 0 Å². The van der Waals surface area contributed by atoms with Gasteiger partial charge in [-0.2, -0.15) is 0 Å². The molecule has 4 heteroatoms.